The third-order valence-electron chi connectivity index (χ3n) is 2.89. The van der Waals surface area contributed by atoms with E-state index >= 15 is 0 Å². The molecule has 0 saturated heterocycles. The first kappa shape index (κ1) is 13.9. The molecule has 0 fully saturated rings. The van der Waals surface area contributed by atoms with Crippen LogP contribution in [0.5, 0.6) is 0 Å². The van der Waals surface area contributed by atoms with Crippen LogP contribution in [-0.4, -0.2) is 18.4 Å². The molecule has 4 N–H and O–H groups in total. The van der Waals surface area contributed by atoms with Gasteiger partial charge in [-0.3, -0.25) is 0 Å². The standard InChI is InChI=1S/C13H11BrN4O2S/c14-8-5-6-9(15)12(7-8)21(19,20)18-13-16-10-3-1-2-4-11(10)17-13/h1-7H,15H2,(H2,16,17,18). The Morgan fingerprint density at radius 3 is 2.71 bits per heavy atom. The number of aromatic amines is 1. The van der Waals surface area contributed by atoms with Gasteiger partial charge in [0.05, 0.1) is 16.7 Å². The molecule has 0 spiro atoms. The quantitative estimate of drug-likeness (QED) is 0.620. The highest BCUT2D eigenvalue weighted by atomic mass is 79.9. The van der Waals surface area contributed by atoms with Crippen molar-refractivity contribution in [3.8, 4) is 0 Å². The summed E-state index contributed by atoms with van der Waals surface area (Å²) in [6.07, 6.45) is 0. The van der Waals surface area contributed by atoms with Crippen molar-refractivity contribution < 1.29 is 8.42 Å². The highest BCUT2D eigenvalue weighted by molar-refractivity contribution is 9.10. The van der Waals surface area contributed by atoms with Gasteiger partial charge in [0.25, 0.3) is 10.0 Å². The Kier molecular flexibility index (Phi) is 3.34. The SMILES string of the molecule is Nc1ccc(Br)cc1S(=O)(=O)Nc1nc2ccccc2[nH]1. The van der Waals surface area contributed by atoms with E-state index in [0.717, 1.165) is 5.52 Å². The first-order valence-corrected chi connectivity index (χ1v) is 8.26. The van der Waals surface area contributed by atoms with Crippen molar-refractivity contribution in [2.75, 3.05) is 10.5 Å². The molecule has 2 aromatic carbocycles. The zero-order valence-corrected chi connectivity index (χ0v) is 13.1. The second kappa shape index (κ2) is 5.05. The van der Waals surface area contributed by atoms with E-state index < -0.39 is 10.0 Å². The molecule has 0 radical (unpaired) electrons. The number of rotatable bonds is 3. The normalized spacial score (nSPS) is 11.7. The van der Waals surface area contributed by atoms with Crippen molar-refractivity contribution in [2.24, 2.45) is 0 Å². The fourth-order valence-corrected chi connectivity index (χ4v) is 3.56. The summed E-state index contributed by atoms with van der Waals surface area (Å²) >= 11 is 3.23. The van der Waals surface area contributed by atoms with Crippen molar-refractivity contribution in [1.29, 1.82) is 0 Å². The molecule has 0 aliphatic rings. The molecule has 0 unspecified atom stereocenters. The van der Waals surface area contributed by atoms with Gasteiger partial charge in [-0.1, -0.05) is 28.1 Å². The Morgan fingerprint density at radius 2 is 1.95 bits per heavy atom. The summed E-state index contributed by atoms with van der Waals surface area (Å²) in [4.78, 5) is 7.08. The fourth-order valence-electron chi connectivity index (χ4n) is 1.92. The molecule has 0 amide bonds. The van der Waals surface area contributed by atoms with Gasteiger partial charge in [-0.2, -0.15) is 0 Å². The Bertz CT molecular complexity index is 888. The van der Waals surface area contributed by atoms with Crippen molar-refractivity contribution in [1.82, 2.24) is 9.97 Å². The van der Waals surface area contributed by atoms with Gasteiger partial charge < -0.3 is 10.7 Å². The molecular formula is C13H11BrN4O2S. The van der Waals surface area contributed by atoms with Crippen molar-refractivity contribution >= 4 is 48.6 Å². The first-order chi connectivity index (χ1) is 9.95. The Balaban J connectivity index is 2.01. The zero-order valence-electron chi connectivity index (χ0n) is 10.7. The van der Waals surface area contributed by atoms with Crippen molar-refractivity contribution in [3.63, 3.8) is 0 Å². The number of nitrogens with one attached hydrogen (secondary N) is 2. The summed E-state index contributed by atoms with van der Waals surface area (Å²) in [7, 11) is -3.81. The molecule has 1 heterocycles. The maximum atomic E-state index is 12.4. The topological polar surface area (TPSA) is 101 Å². The molecule has 0 bridgehead atoms. The van der Waals surface area contributed by atoms with E-state index in [0.29, 0.717) is 9.99 Å². The van der Waals surface area contributed by atoms with Crippen LogP contribution in [0, 0.1) is 0 Å². The van der Waals surface area contributed by atoms with Crippen LogP contribution in [0.2, 0.25) is 0 Å². The van der Waals surface area contributed by atoms with Crippen LogP contribution in [0.3, 0.4) is 0 Å². The number of nitrogens with two attached hydrogens (primary N) is 1. The van der Waals surface area contributed by atoms with Crippen molar-refractivity contribution in [2.45, 2.75) is 4.90 Å². The summed E-state index contributed by atoms with van der Waals surface area (Å²) in [5, 5.41) is 0. The minimum absolute atomic E-state index is 0.00247. The van der Waals surface area contributed by atoms with E-state index in [2.05, 4.69) is 30.6 Å². The highest BCUT2D eigenvalue weighted by Gasteiger charge is 2.19. The average Bonchev–Trinajstić information content (AvgIpc) is 2.82. The summed E-state index contributed by atoms with van der Waals surface area (Å²) in [6, 6.07) is 11.9. The van der Waals surface area contributed by atoms with Crippen LogP contribution in [0.4, 0.5) is 11.6 Å². The van der Waals surface area contributed by atoms with Gasteiger partial charge in [0, 0.05) is 4.47 Å². The lowest BCUT2D eigenvalue weighted by atomic mass is 10.3. The summed E-state index contributed by atoms with van der Waals surface area (Å²) in [5.74, 6) is 0.149. The molecule has 0 aliphatic heterocycles. The fraction of sp³-hybridized carbons (Fsp3) is 0. The molecule has 6 nitrogen and oxygen atoms in total. The minimum Gasteiger partial charge on any atom is -0.398 e. The van der Waals surface area contributed by atoms with Crippen LogP contribution in [0.1, 0.15) is 0 Å². The van der Waals surface area contributed by atoms with Crippen LogP contribution < -0.4 is 10.5 Å². The van der Waals surface area contributed by atoms with Gasteiger partial charge in [-0.15, -0.1) is 0 Å². The monoisotopic (exact) mass is 366 g/mol. The molecule has 8 heteroatoms. The number of imidazole rings is 1. The van der Waals surface area contributed by atoms with E-state index in [9.17, 15) is 8.42 Å². The van der Waals surface area contributed by atoms with Gasteiger partial charge in [-0.05, 0) is 30.3 Å². The maximum absolute atomic E-state index is 12.4. The average molecular weight is 367 g/mol. The number of nitrogen functional groups attached to an aromatic ring is 1. The van der Waals surface area contributed by atoms with Crippen LogP contribution >= 0.6 is 15.9 Å². The van der Waals surface area contributed by atoms with Gasteiger partial charge in [-0.25, -0.2) is 18.1 Å². The molecule has 3 rings (SSSR count). The number of hydrogen-bond acceptors (Lipinski definition) is 4. The van der Waals surface area contributed by atoms with Gasteiger partial charge >= 0.3 is 0 Å². The molecule has 21 heavy (non-hydrogen) atoms. The van der Waals surface area contributed by atoms with E-state index in [1.165, 1.54) is 12.1 Å². The largest absolute Gasteiger partial charge is 0.398 e. The van der Waals surface area contributed by atoms with Gasteiger partial charge in [0.2, 0.25) is 5.95 Å². The molecule has 0 saturated carbocycles. The Hall–Kier alpha value is -2.06. The van der Waals surface area contributed by atoms with E-state index in [1.807, 2.05) is 18.2 Å². The molecule has 0 atom stereocenters. The third-order valence-corrected chi connectivity index (χ3v) is 4.77. The van der Waals surface area contributed by atoms with E-state index in [1.54, 1.807) is 12.1 Å². The molecule has 1 aromatic heterocycles. The molecule has 0 aliphatic carbocycles. The Labute approximate surface area is 129 Å². The smallest absolute Gasteiger partial charge is 0.266 e. The predicted molar refractivity (Wildman–Crippen MR) is 85.5 cm³/mol. The number of nitrogens with zero attached hydrogens (tertiary/aromatic N) is 1. The lowest BCUT2D eigenvalue weighted by Crippen LogP contribution is -2.15. The zero-order chi connectivity index (χ0) is 15.0. The summed E-state index contributed by atoms with van der Waals surface area (Å²) in [5.41, 5.74) is 7.33. The number of H-pyrrole nitrogens is 1. The third kappa shape index (κ3) is 2.72. The lowest BCUT2D eigenvalue weighted by molar-refractivity contribution is 0.601. The van der Waals surface area contributed by atoms with Crippen LogP contribution in [0.15, 0.2) is 51.8 Å². The van der Waals surface area contributed by atoms with E-state index in [-0.39, 0.29) is 16.5 Å². The van der Waals surface area contributed by atoms with Crippen LogP contribution in [-0.2, 0) is 10.0 Å². The summed E-state index contributed by atoms with van der Waals surface area (Å²) < 4.78 is 27.8. The number of aromatic nitrogens is 2. The van der Waals surface area contributed by atoms with Gasteiger partial charge in [0.15, 0.2) is 0 Å². The molecule has 108 valence electrons. The highest BCUT2D eigenvalue weighted by Crippen LogP contribution is 2.25. The first-order valence-electron chi connectivity index (χ1n) is 5.98. The number of hydrogen-bond donors (Lipinski definition) is 3. The Morgan fingerprint density at radius 1 is 1.19 bits per heavy atom. The predicted octanol–water partition coefficient (Wildman–Crippen LogP) is 2.71. The minimum atomic E-state index is -3.81. The number of fused-ring (bicyclic) bond motifs is 1. The number of para-hydroxylation sites is 2. The lowest BCUT2D eigenvalue weighted by Gasteiger charge is -2.08. The number of halogens is 1. The second-order valence-electron chi connectivity index (χ2n) is 4.39. The number of anilines is 2. The molecular weight excluding hydrogens is 356 g/mol. The van der Waals surface area contributed by atoms with Crippen LogP contribution in [0.25, 0.3) is 11.0 Å². The van der Waals surface area contributed by atoms with E-state index in [4.69, 9.17) is 5.73 Å². The van der Waals surface area contributed by atoms with Gasteiger partial charge in [0.1, 0.15) is 4.90 Å². The van der Waals surface area contributed by atoms with Crippen molar-refractivity contribution in [3.05, 3.63) is 46.9 Å². The second-order valence-corrected chi connectivity index (χ2v) is 6.96. The maximum Gasteiger partial charge on any atom is 0.266 e. The number of sulfonamides is 1. The summed E-state index contributed by atoms with van der Waals surface area (Å²) in [6.45, 7) is 0. The molecule has 3 aromatic rings. The number of benzene rings is 2.